The van der Waals surface area contributed by atoms with E-state index < -0.39 is 11.9 Å². The molecule has 0 radical (unpaired) electrons. The van der Waals surface area contributed by atoms with Crippen molar-refractivity contribution in [1.29, 1.82) is 0 Å². The molecule has 0 bridgehead atoms. The second-order valence-corrected chi connectivity index (χ2v) is 16.2. The summed E-state index contributed by atoms with van der Waals surface area (Å²) >= 11 is 0. The van der Waals surface area contributed by atoms with Crippen LogP contribution >= 0.6 is 0 Å². The molecule has 204 valence electrons. The summed E-state index contributed by atoms with van der Waals surface area (Å²) < 4.78 is 13.3. The predicted molar refractivity (Wildman–Crippen MR) is 145 cm³/mol. The van der Waals surface area contributed by atoms with E-state index in [0.717, 1.165) is 17.8 Å². The number of hydrogen-bond donors (Lipinski definition) is 1. The smallest absolute Gasteiger partial charge is 0.163 e. The molecule has 1 N–H and O–H groups in total. The van der Waals surface area contributed by atoms with Gasteiger partial charge in [-0.3, -0.25) is 0 Å². The number of fused-ring (bicyclic) bond motifs is 3. The molecule has 0 aromatic rings. The van der Waals surface area contributed by atoms with E-state index in [9.17, 15) is 5.11 Å². The Morgan fingerprint density at radius 2 is 1.61 bits per heavy atom. The first-order chi connectivity index (χ1) is 16.7. The van der Waals surface area contributed by atoms with E-state index in [1.54, 1.807) is 0 Å². The van der Waals surface area contributed by atoms with Crippen LogP contribution < -0.4 is 0 Å². The molecular weight excluding hydrogens is 444 g/mol. The lowest BCUT2D eigenvalue weighted by Gasteiger charge is -2.64. The average molecular weight is 499 g/mol. The van der Waals surface area contributed by atoms with E-state index in [1.165, 1.54) is 63.4 Å². The zero-order valence-corrected chi connectivity index (χ0v) is 24.7. The van der Waals surface area contributed by atoms with Crippen molar-refractivity contribution in [2.75, 3.05) is 0 Å². The van der Waals surface area contributed by atoms with Crippen LogP contribution in [0.4, 0.5) is 0 Å². The van der Waals surface area contributed by atoms with Crippen LogP contribution in [0, 0.1) is 50.7 Å². The van der Waals surface area contributed by atoms with E-state index in [2.05, 4.69) is 68.4 Å². The molecule has 5 saturated carbocycles. The highest BCUT2D eigenvalue weighted by Crippen LogP contribution is 2.89. The molecule has 6 fully saturated rings. The Balaban J connectivity index is 1.33. The summed E-state index contributed by atoms with van der Waals surface area (Å²) in [7, 11) is 0. The highest BCUT2D eigenvalue weighted by molar-refractivity contribution is 5.34. The molecule has 0 aromatic carbocycles. The normalized spacial score (nSPS) is 54.4. The van der Waals surface area contributed by atoms with Crippen molar-refractivity contribution in [3.8, 4) is 0 Å². The third kappa shape index (κ3) is 2.98. The van der Waals surface area contributed by atoms with E-state index in [4.69, 9.17) is 9.47 Å². The summed E-state index contributed by atoms with van der Waals surface area (Å²) in [6.07, 6.45) is 13.9. The fourth-order valence-electron chi connectivity index (χ4n) is 12.1. The van der Waals surface area contributed by atoms with Crippen molar-refractivity contribution in [3.63, 3.8) is 0 Å². The molecule has 6 aliphatic rings. The summed E-state index contributed by atoms with van der Waals surface area (Å²) in [6, 6.07) is 0. The first-order valence-electron chi connectivity index (χ1n) is 15.3. The summed E-state index contributed by atoms with van der Waals surface area (Å²) in [5.74, 6) is 2.36. The van der Waals surface area contributed by atoms with Gasteiger partial charge in [-0.15, -0.1) is 0 Å². The predicted octanol–water partition coefficient (Wildman–Crippen LogP) is 7.91. The maximum Gasteiger partial charge on any atom is 0.163 e. The van der Waals surface area contributed by atoms with Gasteiger partial charge in [0.15, 0.2) is 5.79 Å². The lowest BCUT2D eigenvalue weighted by atomic mass is 9.41. The Morgan fingerprint density at radius 1 is 0.917 bits per heavy atom. The maximum atomic E-state index is 11.5. The van der Waals surface area contributed by atoms with Crippen LogP contribution in [0.15, 0.2) is 11.6 Å². The second-order valence-electron chi connectivity index (χ2n) is 16.2. The van der Waals surface area contributed by atoms with Gasteiger partial charge in [-0.25, -0.2) is 0 Å². The summed E-state index contributed by atoms with van der Waals surface area (Å²) in [4.78, 5) is 0. The number of aliphatic hydroxyl groups excluding tert-OH is 1. The Morgan fingerprint density at radius 3 is 2.31 bits per heavy atom. The van der Waals surface area contributed by atoms with Gasteiger partial charge in [-0.1, -0.05) is 46.3 Å². The zero-order chi connectivity index (χ0) is 26.1. The Kier molecular flexibility index (Phi) is 5.48. The molecule has 3 heteroatoms. The van der Waals surface area contributed by atoms with Crippen molar-refractivity contribution in [2.24, 2.45) is 50.7 Å². The molecule has 6 rings (SSSR count). The van der Waals surface area contributed by atoms with Crippen molar-refractivity contribution in [3.05, 3.63) is 11.6 Å². The topological polar surface area (TPSA) is 38.7 Å². The van der Waals surface area contributed by atoms with Gasteiger partial charge in [0.25, 0.3) is 0 Å². The molecule has 2 spiro atoms. The Hall–Kier alpha value is -0.380. The van der Waals surface area contributed by atoms with Crippen molar-refractivity contribution in [2.45, 2.75) is 144 Å². The van der Waals surface area contributed by atoms with Gasteiger partial charge in [-0.05, 0) is 131 Å². The maximum absolute atomic E-state index is 11.5. The lowest BCUT2D eigenvalue weighted by Crippen LogP contribution is -2.65. The van der Waals surface area contributed by atoms with Gasteiger partial charge >= 0.3 is 0 Å². The molecule has 1 heterocycles. The molecule has 0 amide bonds. The third-order valence-electron chi connectivity index (χ3n) is 13.9. The summed E-state index contributed by atoms with van der Waals surface area (Å²) in [6.45, 7) is 21.2. The lowest BCUT2D eigenvalue weighted by molar-refractivity contribution is -0.208. The first-order valence-corrected chi connectivity index (χ1v) is 15.3. The Bertz CT molecular complexity index is 947. The van der Waals surface area contributed by atoms with E-state index in [-0.39, 0.29) is 23.0 Å². The van der Waals surface area contributed by atoms with Gasteiger partial charge in [0.1, 0.15) is 6.10 Å². The number of ether oxygens (including phenoxy) is 2. The molecule has 5 aliphatic carbocycles. The van der Waals surface area contributed by atoms with Crippen LogP contribution in [0.1, 0.15) is 120 Å². The van der Waals surface area contributed by atoms with Gasteiger partial charge in [0.2, 0.25) is 0 Å². The van der Waals surface area contributed by atoms with Crippen LogP contribution in [-0.2, 0) is 9.47 Å². The minimum atomic E-state index is -0.598. The fraction of sp³-hybridized carbons (Fsp3) is 0.939. The third-order valence-corrected chi connectivity index (χ3v) is 13.9. The van der Waals surface area contributed by atoms with Crippen molar-refractivity contribution >= 4 is 0 Å². The molecule has 3 nitrogen and oxygen atoms in total. The van der Waals surface area contributed by atoms with Crippen LogP contribution in [-0.4, -0.2) is 29.2 Å². The highest BCUT2D eigenvalue weighted by Gasteiger charge is 2.87. The number of allylic oxidation sites excluding steroid dienone is 2. The standard InChI is InChI=1S/C33H54O3/c1-20(2)11-10-12-21(3)22-15-16-31(9)24-14-13-23-28(4,5)26(34)25-27(36-29(6,7)35-25)33(23)19-32(24,33)18-17-30(22,31)8/h11,21-27,34H,10,12-19H2,1-9H3/t21-,22-,23+,24+,25+,26+,27+,30-,31+,32+,33-/m1/s1. The Labute approximate surface area is 221 Å². The van der Waals surface area contributed by atoms with Gasteiger partial charge < -0.3 is 14.6 Å². The monoisotopic (exact) mass is 498 g/mol. The highest BCUT2D eigenvalue weighted by atomic mass is 16.8. The number of hydrogen-bond acceptors (Lipinski definition) is 3. The molecule has 36 heavy (non-hydrogen) atoms. The van der Waals surface area contributed by atoms with Crippen LogP contribution in [0.25, 0.3) is 0 Å². The zero-order valence-electron chi connectivity index (χ0n) is 24.7. The van der Waals surface area contributed by atoms with Crippen LogP contribution in [0.5, 0.6) is 0 Å². The largest absolute Gasteiger partial charge is 0.390 e. The molecule has 11 atom stereocenters. The van der Waals surface area contributed by atoms with Crippen LogP contribution in [0.3, 0.4) is 0 Å². The van der Waals surface area contributed by atoms with Crippen molar-refractivity contribution in [1.82, 2.24) is 0 Å². The molecule has 0 aromatic heterocycles. The fourth-order valence-corrected chi connectivity index (χ4v) is 12.1. The van der Waals surface area contributed by atoms with Gasteiger partial charge in [-0.2, -0.15) is 0 Å². The SMILES string of the molecule is CC(C)=CCC[C@@H](C)[C@H]1CC[C@@]2(C)[C@@H]3CC[C@H]4C(C)(C)[C@@H](O)[C@@H]5OC(C)(C)O[C@@H]5[C@@]45C[C@@]35CC[C@]12C. The molecule has 1 saturated heterocycles. The minimum Gasteiger partial charge on any atom is -0.390 e. The van der Waals surface area contributed by atoms with Gasteiger partial charge in [0, 0.05) is 5.41 Å². The summed E-state index contributed by atoms with van der Waals surface area (Å²) in [5.41, 5.74) is 2.76. The quantitative estimate of drug-likeness (QED) is 0.400. The van der Waals surface area contributed by atoms with E-state index >= 15 is 0 Å². The second kappa shape index (κ2) is 7.63. The molecule has 1 aliphatic heterocycles. The molecule has 0 unspecified atom stereocenters. The molecular formula is C33H54O3. The van der Waals surface area contributed by atoms with Crippen LogP contribution in [0.2, 0.25) is 0 Å². The van der Waals surface area contributed by atoms with Gasteiger partial charge in [0.05, 0.1) is 12.2 Å². The first kappa shape index (κ1) is 25.9. The summed E-state index contributed by atoms with van der Waals surface area (Å²) in [5, 5.41) is 11.5. The van der Waals surface area contributed by atoms with Crippen molar-refractivity contribution < 1.29 is 14.6 Å². The minimum absolute atomic E-state index is 0.0523. The number of rotatable bonds is 4. The van der Waals surface area contributed by atoms with E-state index in [0.29, 0.717) is 22.2 Å². The average Bonchev–Trinajstić information content (AvgIpc) is 3.24. The van der Waals surface area contributed by atoms with E-state index in [1.807, 2.05) is 0 Å². The number of aliphatic hydroxyl groups is 1.